The molecule has 0 bridgehead atoms. The molecule has 0 spiro atoms. The minimum absolute atomic E-state index is 0.0236. The van der Waals surface area contributed by atoms with Crippen LogP contribution in [0.4, 0.5) is 0 Å². The van der Waals surface area contributed by atoms with Gasteiger partial charge in [-0.15, -0.1) is 0 Å². The van der Waals surface area contributed by atoms with Crippen LogP contribution in [0.25, 0.3) is 0 Å². The van der Waals surface area contributed by atoms with Crippen LogP contribution in [-0.2, 0) is 11.2 Å². The topological polar surface area (TPSA) is 58.6 Å². The van der Waals surface area contributed by atoms with Gasteiger partial charge in [0.2, 0.25) is 5.91 Å². The Morgan fingerprint density at radius 1 is 1.10 bits per heavy atom. The van der Waals surface area contributed by atoms with E-state index >= 15 is 0 Å². The number of likely N-dealkylation sites (tertiary alicyclic amines) is 1. The molecule has 3 rings (SSSR count). The number of benzene rings is 2. The Labute approximate surface area is 189 Å². The first-order chi connectivity index (χ1) is 15.1. The number of ether oxygens (including phenoxy) is 1. The molecule has 2 amide bonds. The van der Waals surface area contributed by atoms with Crippen molar-refractivity contribution in [1.29, 1.82) is 0 Å². The van der Waals surface area contributed by atoms with Crippen molar-refractivity contribution in [3.8, 4) is 5.75 Å². The maximum Gasteiger partial charge on any atom is 0.255 e. The van der Waals surface area contributed by atoms with Crippen LogP contribution in [-0.4, -0.2) is 55.0 Å². The molecule has 0 unspecified atom stereocenters. The highest BCUT2D eigenvalue weighted by Crippen LogP contribution is 2.23. The lowest BCUT2D eigenvalue weighted by Crippen LogP contribution is -2.51. The van der Waals surface area contributed by atoms with Gasteiger partial charge in [0.05, 0.1) is 12.7 Å². The minimum atomic E-state index is -0.518. The largest absolute Gasteiger partial charge is 0.496 e. The number of nitrogens with one attached hydrogen (secondary N) is 1. The van der Waals surface area contributed by atoms with Crippen molar-refractivity contribution in [1.82, 2.24) is 10.2 Å². The second-order valence-corrected chi connectivity index (χ2v) is 8.95. The second kappa shape index (κ2) is 11.8. The summed E-state index contributed by atoms with van der Waals surface area (Å²) < 4.78 is 5.31. The number of rotatable bonds is 9. The fourth-order valence-corrected chi connectivity index (χ4v) is 4.56. The summed E-state index contributed by atoms with van der Waals surface area (Å²) in [6.45, 7) is 1.49. The highest BCUT2D eigenvalue weighted by Gasteiger charge is 2.29. The molecule has 1 N–H and O–H groups in total. The molecule has 2 aromatic rings. The van der Waals surface area contributed by atoms with Gasteiger partial charge in [-0.05, 0) is 61.3 Å². The number of carbonyl (C=O) groups is 2. The smallest absolute Gasteiger partial charge is 0.255 e. The van der Waals surface area contributed by atoms with Crippen molar-refractivity contribution in [2.24, 2.45) is 5.92 Å². The van der Waals surface area contributed by atoms with E-state index in [9.17, 15) is 9.59 Å². The van der Waals surface area contributed by atoms with Gasteiger partial charge in [0.25, 0.3) is 5.91 Å². The monoisotopic (exact) mass is 440 g/mol. The number of para-hydroxylation sites is 1. The lowest BCUT2D eigenvalue weighted by molar-refractivity contribution is -0.134. The predicted molar refractivity (Wildman–Crippen MR) is 127 cm³/mol. The Balaban J connectivity index is 1.60. The molecule has 1 saturated heterocycles. The fraction of sp³-hybridized carbons (Fsp3) is 0.440. The van der Waals surface area contributed by atoms with Crippen molar-refractivity contribution in [3.05, 3.63) is 65.7 Å². The van der Waals surface area contributed by atoms with E-state index in [0.29, 0.717) is 23.7 Å². The van der Waals surface area contributed by atoms with Gasteiger partial charge in [0, 0.05) is 13.1 Å². The van der Waals surface area contributed by atoms with Gasteiger partial charge in [0.15, 0.2) is 0 Å². The van der Waals surface area contributed by atoms with Crippen LogP contribution >= 0.6 is 11.8 Å². The zero-order valence-corrected chi connectivity index (χ0v) is 19.2. The lowest BCUT2D eigenvalue weighted by Gasteiger charge is -2.34. The number of methoxy groups -OCH3 is 1. The number of thioether (sulfide) groups is 1. The van der Waals surface area contributed by atoms with E-state index in [1.807, 2.05) is 23.3 Å². The van der Waals surface area contributed by atoms with Gasteiger partial charge in [-0.2, -0.15) is 11.8 Å². The van der Waals surface area contributed by atoms with E-state index in [0.717, 1.165) is 38.1 Å². The van der Waals surface area contributed by atoms with Crippen LogP contribution in [0.15, 0.2) is 54.6 Å². The molecule has 1 atom stereocenters. The summed E-state index contributed by atoms with van der Waals surface area (Å²) >= 11 is 1.68. The summed E-state index contributed by atoms with van der Waals surface area (Å²) in [6, 6.07) is 17.1. The van der Waals surface area contributed by atoms with Gasteiger partial charge in [0.1, 0.15) is 11.8 Å². The molecule has 0 aliphatic carbocycles. The summed E-state index contributed by atoms with van der Waals surface area (Å²) in [5.74, 6) is 1.68. The Kier molecular flexibility index (Phi) is 8.83. The molecule has 1 aliphatic heterocycles. The second-order valence-electron chi connectivity index (χ2n) is 7.97. The molecule has 0 radical (unpaired) electrons. The van der Waals surface area contributed by atoms with Crippen molar-refractivity contribution in [2.75, 3.05) is 32.2 Å². The van der Waals surface area contributed by atoms with E-state index in [1.165, 1.54) is 5.56 Å². The number of amides is 2. The summed E-state index contributed by atoms with van der Waals surface area (Å²) in [5, 5.41) is 2.97. The number of hydrogen-bond acceptors (Lipinski definition) is 4. The Bertz CT molecular complexity index is 851. The van der Waals surface area contributed by atoms with Crippen molar-refractivity contribution in [3.63, 3.8) is 0 Å². The van der Waals surface area contributed by atoms with Crippen LogP contribution < -0.4 is 10.1 Å². The molecular formula is C25H32N2O3S. The Hall–Kier alpha value is -2.47. The van der Waals surface area contributed by atoms with Crippen LogP contribution in [0.2, 0.25) is 0 Å². The maximum atomic E-state index is 13.3. The molecule has 1 aliphatic rings. The molecule has 0 saturated carbocycles. The molecule has 1 heterocycles. The highest BCUT2D eigenvalue weighted by atomic mass is 32.2. The summed E-state index contributed by atoms with van der Waals surface area (Å²) in [5.41, 5.74) is 1.81. The molecular weight excluding hydrogens is 408 g/mol. The normalized spacial score (nSPS) is 15.4. The molecule has 2 aromatic carbocycles. The third kappa shape index (κ3) is 6.50. The maximum absolute atomic E-state index is 13.3. The lowest BCUT2D eigenvalue weighted by atomic mass is 9.90. The zero-order valence-electron chi connectivity index (χ0n) is 18.4. The number of carbonyl (C=O) groups excluding carboxylic acids is 2. The number of piperidine rings is 1. The highest BCUT2D eigenvalue weighted by molar-refractivity contribution is 7.98. The zero-order chi connectivity index (χ0) is 22.1. The Morgan fingerprint density at radius 2 is 1.77 bits per heavy atom. The predicted octanol–water partition coefficient (Wildman–Crippen LogP) is 4.03. The third-order valence-corrected chi connectivity index (χ3v) is 6.50. The van der Waals surface area contributed by atoms with E-state index in [1.54, 1.807) is 37.1 Å². The van der Waals surface area contributed by atoms with Crippen LogP contribution in [0, 0.1) is 5.92 Å². The molecule has 0 aromatic heterocycles. The van der Waals surface area contributed by atoms with Gasteiger partial charge >= 0.3 is 0 Å². The van der Waals surface area contributed by atoms with Gasteiger partial charge < -0.3 is 15.0 Å². The summed E-state index contributed by atoms with van der Waals surface area (Å²) in [4.78, 5) is 28.1. The standard InChI is InChI=1S/C25H32N2O3S/c1-30-23-11-7-6-10-21(23)24(28)26-22(14-17-31-2)25(29)27-15-12-20(13-16-27)18-19-8-4-3-5-9-19/h3-11,20,22H,12-18H2,1-2H3,(H,26,28)/t22-/m0/s1. The van der Waals surface area contributed by atoms with Gasteiger partial charge in [-0.25, -0.2) is 0 Å². The summed E-state index contributed by atoms with van der Waals surface area (Å²) in [7, 11) is 1.54. The van der Waals surface area contributed by atoms with Crippen LogP contribution in [0.1, 0.15) is 35.2 Å². The van der Waals surface area contributed by atoms with Crippen molar-refractivity contribution >= 4 is 23.6 Å². The molecule has 31 heavy (non-hydrogen) atoms. The molecule has 5 nitrogen and oxygen atoms in total. The van der Waals surface area contributed by atoms with E-state index in [4.69, 9.17) is 4.74 Å². The van der Waals surface area contributed by atoms with E-state index in [2.05, 4.69) is 29.6 Å². The first kappa shape index (κ1) is 23.2. The first-order valence-corrected chi connectivity index (χ1v) is 12.3. The first-order valence-electron chi connectivity index (χ1n) is 10.9. The molecule has 166 valence electrons. The summed E-state index contributed by atoms with van der Waals surface area (Å²) in [6.07, 6.45) is 5.68. The number of hydrogen-bond donors (Lipinski definition) is 1. The quantitative estimate of drug-likeness (QED) is 0.640. The van der Waals surface area contributed by atoms with Crippen LogP contribution in [0.3, 0.4) is 0 Å². The van der Waals surface area contributed by atoms with E-state index < -0.39 is 6.04 Å². The fourth-order valence-electron chi connectivity index (χ4n) is 4.09. The van der Waals surface area contributed by atoms with E-state index in [-0.39, 0.29) is 11.8 Å². The van der Waals surface area contributed by atoms with Gasteiger partial charge in [-0.1, -0.05) is 42.5 Å². The van der Waals surface area contributed by atoms with Crippen LogP contribution in [0.5, 0.6) is 5.75 Å². The van der Waals surface area contributed by atoms with Crippen molar-refractivity contribution in [2.45, 2.75) is 31.7 Å². The number of nitrogens with zero attached hydrogens (tertiary/aromatic N) is 1. The molecule has 1 fully saturated rings. The minimum Gasteiger partial charge on any atom is -0.496 e. The van der Waals surface area contributed by atoms with Gasteiger partial charge in [-0.3, -0.25) is 9.59 Å². The average molecular weight is 441 g/mol. The van der Waals surface area contributed by atoms with Crippen molar-refractivity contribution < 1.29 is 14.3 Å². The third-order valence-electron chi connectivity index (χ3n) is 5.86. The average Bonchev–Trinajstić information content (AvgIpc) is 2.82. The SMILES string of the molecule is COc1ccccc1C(=O)N[C@@H](CCSC)C(=O)N1CCC(Cc2ccccc2)CC1. The molecule has 6 heteroatoms. The Morgan fingerprint density at radius 3 is 2.45 bits per heavy atom.